The van der Waals surface area contributed by atoms with Crippen LogP contribution in [0.3, 0.4) is 0 Å². The highest BCUT2D eigenvalue weighted by Crippen LogP contribution is 2.39. The number of amides is 2. The van der Waals surface area contributed by atoms with Gasteiger partial charge in [0.25, 0.3) is 11.8 Å². The number of aromatic nitrogens is 1. The Morgan fingerprint density at radius 1 is 1.06 bits per heavy atom. The van der Waals surface area contributed by atoms with Crippen molar-refractivity contribution in [1.29, 1.82) is 0 Å². The zero-order chi connectivity index (χ0) is 23.2. The van der Waals surface area contributed by atoms with Crippen LogP contribution in [0, 0.1) is 12.8 Å². The van der Waals surface area contributed by atoms with E-state index in [1.807, 2.05) is 31.2 Å². The molecule has 1 saturated carbocycles. The lowest BCUT2D eigenvalue weighted by molar-refractivity contribution is 0.0923. The average molecular weight is 461 g/mol. The molecule has 0 radical (unpaired) electrons. The number of benzene rings is 1. The van der Waals surface area contributed by atoms with Gasteiger partial charge in [-0.05, 0) is 75.1 Å². The van der Waals surface area contributed by atoms with Crippen molar-refractivity contribution in [3.8, 4) is 5.75 Å². The fourth-order valence-electron chi connectivity index (χ4n) is 5.92. The molecule has 4 aliphatic rings. The Bertz CT molecular complexity index is 1100. The lowest BCUT2D eigenvalue weighted by Crippen LogP contribution is -2.50. The summed E-state index contributed by atoms with van der Waals surface area (Å²) in [5, 5.41) is 6.30. The van der Waals surface area contributed by atoms with Gasteiger partial charge >= 0.3 is 0 Å². The largest absolute Gasteiger partial charge is 0.493 e. The van der Waals surface area contributed by atoms with Crippen LogP contribution in [0.5, 0.6) is 5.75 Å². The highest BCUT2D eigenvalue weighted by molar-refractivity contribution is 5.96. The van der Waals surface area contributed by atoms with Gasteiger partial charge in [-0.15, -0.1) is 0 Å². The molecule has 7 nitrogen and oxygen atoms in total. The monoisotopic (exact) mass is 460 g/mol. The van der Waals surface area contributed by atoms with Crippen molar-refractivity contribution >= 4 is 17.6 Å². The van der Waals surface area contributed by atoms with Crippen LogP contribution in [0.25, 0.3) is 0 Å². The normalized spacial score (nSPS) is 25.0. The summed E-state index contributed by atoms with van der Waals surface area (Å²) >= 11 is 0. The van der Waals surface area contributed by atoms with Gasteiger partial charge in [-0.2, -0.15) is 0 Å². The maximum absolute atomic E-state index is 13.1. The fourth-order valence-corrected chi connectivity index (χ4v) is 5.92. The Morgan fingerprint density at radius 2 is 1.85 bits per heavy atom. The SMILES string of the molecule is Cc1c(C(=O)NC2CC3CCC(C2)N3c2ccc(C(=O)NCC3CC3)cn2)ccc2c1OCC2. The van der Waals surface area contributed by atoms with Gasteiger partial charge in [-0.3, -0.25) is 9.59 Å². The van der Waals surface area contributed by atoms with Crippen LogP contribution in [-0.2, 0) is 6.42 Å². The van der Waals surface area contributed by atoms with E-state index in [1.165, 1.54) is 18.4 Å². The molecule has 4 heterocycles. The van der Waals surface area contributed by atoms with Crippen LogP contribution in [-0.4, -0.2) is 48.1 Å². The van der Waals surface area contributed by atoms with Crippen LogP contribution in [0.4, 0.5) is 5.82 Å². The topological polar surface area (TPSA) is 83.6 Å². The zero-order valence-corrected chi connectivity index (χ0v) is 19.7. The van der Waals surface area contributed by atoms with Crippen molar-refractivity contribution < 1.29 is 14.3 Å². The van der Waals surface area contributed by atoms with Gasteiger partial charge in [0.2, 0.25) is 0 Å². The molecule has 2 atom stereocenters. The number of anilines is 1. The van der Waals surface area contributed by atoms with Crippen LogP contribution in [0.2, 0.25) is 0 Å². The quantitative estimate of drug-likeness (QED) is 0.690. The summed E-state index contributed by atoms with van der Waals surface area (Å²) in [5.74, 6) is 2.44. The zero-order valence-electron chi connectivity index (χ0n) is 19.7. The molecule has 2 saturated heterocycles. The summed E-state index contributed by atoms with van der Waals surface area (Å²) in [4.78, 5) is 32.5. The standard InChI is InChI=1S/C27H32N4O3/c1-16-23(8-4-18-10-11-34-25(16)18)27(33)30-20-12-21-6-7-22(13-20)31(21)24-9-5-19(15-28-24)26(32)29-14-17-2-3-17/h4-5,8-9,15,17,20-22H,2-3,6-7,10-14H2,1H3,(H,29,32)(H,30,33). The molecular formula is C27H32N4O3. The molecular weight excluding hydrogens is 428 g/mol. The molecule has 7 heteroatoms. The number of fused-ring (bicyclic) bond motifs is 3. The summed E-state index contributed by atoms with van der Waals surface area (Å²) in [7, 11) is 0. The van der Waals surface area contributed by atoms with Crippen molar-refractivity contribution in [3.05, 3.63) is 52.7 Å². The van der Waals surface area contributed by atoms with Gasteiger partial charge < -0.3 is 20.3 Å². The number of nitrogens with one attached hydrogen (secondary N) is 2. The first-order valence-electron chi connectivity index (χ1n) is 12.7. The second-order valence-electron chi connectivity index (χ2n) is 10.3. The molecule has 1 aliphatic carbocycles. The van der Waals surface area contributed by atoms with E-state index in [-0.39, 0.29) is 17.9 Å². The van der Waals surface area contributed by atoms with E-state index >= 15 is 0 Å². The molecule has 2 bridgehead atoms. The predicted molar refractivity (Wildman–Crippen MR) is 129 cm³/mol. The van der Waals surface area contributed by atoms with Gasteiger partial charge in [-0.1, -0.05) is 6.07 Å². The number of ether oxygens (including phenoxy) is 1. The van der Waals surface area contributed by atoms with Crippen molar-refractivity contribution in [2.75, 3.05) is 18.1 Å². The molecule has 178 valence electrons. The number of carbonyl (C=O) groups excluding carboxylic acids is 2. The van der Waals surface area contributed by atoms with E-state index in [0.29, 0.717) is 35.7 Å². The van der Waals surface area contributed by atoms with Crippen molar-refractivity contribution in [2.45, 2.75) is 70.0 Å². The van der Waals surface area contributed by atoms with E-state index < -0.39 is 0 Å². The van der Waals surface area contributed by atoms with Gasteiger partial charge in [0, 0.05) is 48.4 Å². The highest BCUT2D eigenvalue weighted by atomic mass is 16.5. The third-order valence-electron chi connectivity index (χ3n) is 7.94. The first-order valence-corrected chi connectivity index (χ1v) is 12.7. The number of piperidine rings is 1. The second-order valence-corrected chi connectivity index (χ2v) is 10.3. The van der Waals surface area contributed by atoms with E-state index in [4.69, 9.17) is 4.74 Å². The first-order chi connectivity index (χ1) is 16.6. The molecule has 2 amide bonds. The summed E-state index contributed by atoms with van der Waals surface area (Å²) < 4.78 is 5.75. The number of nitrogens with zero attached hydrogens (tertiary/aromatic N) is 2. The Balaban J connectivity index is 1.09. The predicted octanol–water partition coefficient (Wildman–Crippen LogP) is 3.39. The number of hydrogen-bond acceptors (Lipinski definition) is 5. The summed E-state index contributed by atoms with van der Waals surface area (Å²) in [5.41, 5.74) is 3.47. The Morgan fingerprint density at radius 3 is 2.56 bits per heavy atom. The summed E-state index contributed by atoms with van der Waals surface area (Å²) in [6, 6.07) is 8.70. The molecule has 6 rings (SSSR count). The van der Waals surface area contributed by atoms with Crippen LogP contribution >= 0.6 is 0 Å². The fraction of sp³-hybridized carbons (Fsp3) is 0.519. The van der Waals surface area contributed by atoms with Gasteiger partial charge in [0.05, 0.1) is 12.2 Å². The minimum absolute atomic E-state index is 0.00617. The van der Waals surface area contributed by atoms with E-state index in [9.17, 15) is 9.59 Å². The minimum atomic E-state index is -0.0393. The molecule has 34 heavy (non-hydrogen) atoms. The third kappa shape index (κ3) is 4.01. The Hall–Kier alpha value is -3.09. The van der Waals surface area contributed by atoms with Crippen molar-refractivity contribution in [1.82, 2.24) is 15.6 Å². The lowest BCUT2D eigenvalue weighted by atomic mass is 9.96. The highest BCUT2D eigenvalue weighted by Gasteiger charge is 2.42. The van der Waals surface area contributed by atoms with E-state index in [1.54, 1.807) is 6.20 Å². The molecule has 3 fully saturated rings. The molecule has 3 aliphatic heterocycles. The number of carbonyl (C=O) groups is 2. The number of hydrogen-bond donors (Lipinski definition) is 2. The molecule has 2 N–H and O–H groups in total. The van der Waals surface area contributed by atoms with Gasteiger partial charge in [-0.25, -0.2) is 4.98 Å². The van der Waals surface area contributed by atoms with E-state index in [2.05, 4.69) is 20.5 Å². The van der Waals surface area contributed by atoms with Crippen LogP contribution in [0.15, 0.2) is 30.5 Å². The average Bonchev–Trinajstić information content (AvgIpc) is 3.47. The van der Waals surface area contributed by atoms with Crippen LogP contribution in [0.1, 0.15) is 70.4 Å². The Kier molecular flexibility index (Phi) is 5.42. The van der Waals surface area contributed by atoms with Crippen molar-refractivity contribution in [3.63, 3.8) is 0 Å². The molecule has 1 aromatic heterocycles. The maximum atomic E-state index is 13.1. The summed E-state index contributed by atoms with van der Waals surface area (Å²) in [6.07, 6.45) is 9.09. The second kappa shape index (κ2) is 8.60. The smallest absolute Gasteiger partial charge is 0.252 e. The Labute approximate surface area is 200 Å². The summed E-state index contributed by atoms with van der Waals surface area (Å²) in [6.45, 7) is 3.44. The molecule has 2 aromatic rings. The van der Waals surface area contributed by atoms with Gasteiger partial charge in [0.15, 0.2) is 0 Å². The minimum Gasteiger partial charge on any atom is -0.493 e. The molecule has 2 unspecified atom stereocenters. The van der Waals surface area contributed by atoms with E-state index in [0.717, 1.165) is 55.8 Å². The molecule has 0 spiro atoms. The lowest BCUT2D eigenvalue weighted by Gasteiger charge is -2.40. The first kappa shape index (κ1) is 21.4. The maximum Gasteiger partial charge on any atom is 0.252 e. The van der Waals surface area contributed by atoms with Gasteiger partial charge in [0.1, 0.15) is 11.6 Å². The van der Waals surface area contributed by atoms with Crippen molar-refractivity contribution in [2.24, 2.45) is 5.92 Å². The third-order valence-corrected chi connectivity index (χ3v) is 7.94. The number of rotatable bonds is 6. The van der Waals surface area contributed by atoms with Crippen LogP contribution < -0.4 is 20.3 Å². The molecule has 1 aromatic carbocycles. The number of pyridine rings is 1.